The molecular weight excluding hydrogens is 302 g/mol. The van der Waals surface area contributed by atoms with Crippen molar-refractivity contribution in [3.8, 4) is 0 Å². The van der Waals surface area contributed by atoms with Crippen molar-refractivity contribution in [1.82, 2.24) is 20.4 Å². The highest BCUT2D eigenvalue weighted by Gasteiger charge is 2.06. The predicted molar refractivity (Wildman–Crippen MR) is 105 cm³/mol. The van der Waals surface area contributed by atoms with Gasteiger partial charge in [-0.25, -0.2) is 0 Å². The third-order valence-corrected chi connectivity index (χ3v) is 4.16. The molecule has 0 radical (unpaired) electrons. The van der Waals surface area contributed by atoms with Crippen molar-refractivity contribution in [2.45, 2.75) is 46.6 Å². The van der Waals surface area contributed by atoms with E-state index >= 15 is 0 Å². The Morgan fingerprint density at radius 2 is 1.83 bits per heavy atom. The van der Waals surface area contributed by atoms with Crippen molar-refractivity contribution in [2.24, 2.45) is 4.99 Å². The molecule has 0 aromatic rings. The van der Waals surface area contributed by atoms with Gasteiger partial charge >= 0.3 is 0 Å². The minimum absolute atomic E-state index is 0.435. The van der Waals surface area contributed by atoms with Crippen LogP contribution in [-0.2, 0) is 4.74 Å². The van der Waals surface area contributed by atoms with E-state index in [0.29, 0.717) is 6.04 Å². The number of methoxy groups -OCH3 is 1. The second kappa shape index (κ2) is 15.7. The zero-order chi connectivity index (χ0) is 18.2. The number of likely N-dealkylation sites (N-methyl/N-ethyl adjacent to an activating group) is 1. The summed E-state index contributed by atoms with van der Waals surface area (Å²) < 4.78 is 5.10. The second-order valence-electron chi connectivity index (χ2n) is 6.27. The van der Waals surface area contributed by atoms with Crippen molar-refractivity contribution < 1.29 is 4.74 Å². The summed E-state index contributed by atoms with van der Waals surface area (Å²) in [5, 5.41) is 6.86. The lowest BCUT2D eigenvalue weighted by atomic mass is 10.2. The summed E-state index contributed by atoms with van der Waals surface area (Å²) in [6.45, 7) is 16.6. The van der Waals surface area contributed by atoms with Gasteiger partial charge in [0.15, 0.2) is 5.96 Å². The fraction of sp³-hybridized carbons (Fsp3) is 0.944. The molecule has 0 amide bonds. The molecule has 0 saturated heterocycles. The Labute approximate surface area is 150 Å². The number of nitrogens with zero attached hydrogens (tertiary/aromatic N) is 3. The average molecular weight is 344 g/mol. The van der Waals surface area contributed by atoms with Gasteiger partial charge in [-0.3, -0.25) is 4.99 Å². The Hall–Kier alpha value is -0.850. The first-order chi connectivity index (χ1) is 11.6. The summed E-state index contributed by atoms with van der Waals surface area (Å²) in [7, 11) is 3.84. The second-order valence-corrected chi connectivity index (χ2v) is 6.27. The highest BCUT2D eigenvalue weighted by Crippen LogP contribution is 1.99. The molecule has 0 rings (SSSR count). The van der Waals surface area contributed by atoms with Gasteiger partial charge < -0.3 is 25.2 Å². The molecule has 0 aliphatic rings. The normalized spacial score (nSPS) is 13.6. The van der Waals surface area contributed by atoms with Crippen LogP contribution in [0.2, 0.25) is 0 Å². The fourth-order valence-corrected chi connectivity index (χ4v) is 2.48. The van der Waals surface area contributed by atoms with Gasteiger partial charge in [-0.05, 0) is 53.4 Å². The number of hydrogen-bond acceptors (Lipinski definition) is 4. The summed E-state index contributed by atoms with van der Waals surface area (Å²) in [6.07, 6.45) is 2.38. The molecule has 6 nitrogen and oxygen atoms in total. The lowest BCUT2D eigenvalue weighted by molar-refractivity contribution is 0.163. The molecule has 1 unspecified atom stereocenters. The van der Waals surface area contributed by atoms with Crippen LogP contribution in [-0.4, -0.2) is 88.4 Å². The van der Waals surface area contributed by atoms with Crippen LogP contribution in [0.15, 0.2) is 4.99 Å². The Kier molecular flexibility index (Phi) is 15.1. The van der Waals surface area contributed by atoms with Crippen molar-refractivity contribution in [1.29, 1.82) is 0 Å². The highest BCUT2D eigenvalue weighted by molar-refractivity contribution is 5.80. The number of guanidine groups is 1. The van der Waals surface area contributed by atoms with Crippen LogP contribution >= 0.6 is 0 Å². The SMILES string of the molecule is CCNC(=NCCN(C)CCOC)NC(C)CCCN(CC)CC. The first-order valence-corrected chi connectivity index (χ1v) is 9.51. The number of nitrogens with one attached hydrogen (secondary N) is 2. The van der Waals surface area contributed by atoms with E-state index in [4.69, 9.17) is 4.74 Å². The monoisotopic (exact) mass is 343 g/mol. The maximum atomic E-state index is 5.10. The maximum Gasteiger partial charge on any atom is 0.191 e. The number of ether oxygens (including phenoxy) is 1. The van der Waals surface area contributed by atoms with Crippen LogP contribution in [0.4, 0.5) is 0 Å². The van der Waals surface area contributed by atoms with Crippen LogP contribution in [0.1, 0.15) is 40.5 Å². The van der Waals surface area contributed by atoms with Gasteiger partial charge in [0.1, 0.15) is 0 Å². The summed E-state index contributed by atoms with van der Waals surface area (Å²) in [5.41, 5.74) is 0. The molecule has 0 aliphatic carbocycles. The quantitative estimate of drug-likeness (QED) is 0.371. The Morgan fingerprint density at radius 3 is 2.42 bits per heavy atom. The van der Waals surface area contributed by atoms with Crippen LogP contribution in [0.5, 0.6) is 0 Å². The van der Waals surface area contributed by atoms with E-state index in [2.05, 4.69) is 60.2 Å². The minimum Gasteiger partial charge on any atom is -0.383 e. The third-order valence-electron chi connectivity index (χ3n) is 4.16. The standard InChI is InChI=1S/C18H41N5O/c1-7-19-18(20-12-14-22(5)15-16-24-6)21-17(4)11-10-13-23(8-2)9-3/h17H,7-16H2,1-6H3,(H2,19,20,21). The minimum atomic E-state index is 0.435. The van der Waals surface area contributed by atoms with Gasteiger partial charge in [0.2, 0.25) is 0 Å². The van der Waals surface area contributed by atoms with Crippen LogP contribution in [0.25, 0.3) is 0 Å². The molecule has 0 bridgehead atoms. The Bertz CT molecular complexity index is 308. The molecule has 0 spiro atoms. The van der Waals surface area contributed by atoms with Crippen molar-refractivity contribution >= 4 is 5.96 Å². The summed E-state index contributed by atoms with van der Waals surface area (Å²) in [4.78, 5) is 9.39. The van der Waals surface area contributed by atoms with E-state index in [-0.39, 0.29) is 0 Å². The Balaban J connectivity index is 4.13. The van der Waals surface area contributed by atoms with E-state index in [9.17, 15) is 0 Å². The first-order valence-electron chi connectivity index (χ1n) is 9.51. The third kappa shape index (κ3) is 12.6. The largest absolute Gasteiger partial charge is 0.383 e. The zero-order valence-electron chi connectivity index (χ0n) is 16.9. The average Bonchev–Trinajstić information content (AvgIpc) is 2.57. The zero-order valence-corrected chi connectivity index (χ0v) is 16.9. The molecule has 0 aromatic carbocycles. The van der Waals surface area contributed by atoms with Gasteiger partial charge in [0, 0.05) is 32.8 Å². The molecule has 0 aliphatic heterocycles. The number of rotatable bonds is 14. The van der Waals surface area contributed by atoms with E-state index < -0.39 is 0 Å². The van der Waals surface area contributed by atoms with Crippen molar-refractivity contribution in [2.75, 3.05) is 66.6 Å². The van der Waals surface area contributed by atoms with Gasteiger partial charge in [-0.2, -0.15) is 0 Å². The lowest BCUT2D eigenvalue weighted by Crippen LogP contribution is -2.43. The summed E-state index contributed by atoms with van der Waals surface area (Å²) in [5.74, 6) is 0.924. The van der Waals surface area contributed by atoms with Crippen LogP contribution < -0.4 is 10.6 Å². The smallest absolute Gasteiger partial charge is 0.191 e. The topological polar surface area (TPSA) is 52.1 Å². The van der Waals surface area contributed by atoms with E-state index in [1.54, 1.807) is 7.11 Å². The fourth-order valence-electron chi connectivity index (χ4n) is 2.48. The van der Waals surface area contributed by atoms with Gasteiger partial charge in [-0.1, -0.05) is 13.8 Å². The Morgan fingerprint density at radius 1 is 1.12 bits per heavy atom. The molecule has 0 saturated carbocycles. The number of aliphatic imine (C=N–C) groups is 1. The van der Waals surface area contributed by atoms with E-state index in [1.807, 2.05) is 0 Å². The molecule has 24 heavy (non-hydrogen) atoms. The van der Waals surface area contributed by atoms with Crippen molar-refractivity contribution in [3.05, 3.63) is 0 Å². The molecule has 0 fully saturated rings. The molecule has 0 heterocycles. The van der Waals surface area contributed by atoms with E-state index in [0.717, 1.165) is 58.3 Å². The molecule has 144 valence electrons. The molecule has 2 N–H and O–H groups in total. The molecule has 6 heteroatoms. The van der Waals surface area contributed by atoms with E-state index in [1.165, 1.54) is 13.0 Å². The highest BCUT2D eigenvalue weighted by atomic mass is 16.5. The summed E-state index contributed by atoms with van der Waals surface area (Å²) >= 11 is 0. The van der Waals surface area contributed by atoms with Gasteiger partial charge in [0.05, 0.1) is 13.2 Å². The predicted octanol–water partition coefficient (Wildman–Crippen LogP) is 1.63. The van der Waals surface area contributed by atoms with Gasteiger partial charge in [-0.15, -0.1) is 0 Å². The molecular formula is C18H41N5O. The summed E-state index contributed by atoms with van der Waals surface area (Å²) in [6, 6.07) is 0.435. The lowest BCUT2D eigenvalue weighted by Gasteiger charge is -2.21. The maximum absolute atomic E-state index is 5.10. The molecule has 1 atom stereocenters. The van der Waals surface area contributed by atoms with Crippen LogP contribution in [0.3, 0.4) is 0 Å². The van der Waals surface area contributed by atoms with Crippen LogP contribution in [0, 0.1) is 0 Å². The van der Waals surface area contributed by atoms with Gasteiger partial charge in [0.25, 0.3) is 0 Å². The van der Waals surface area contributed by atoms with Crippen molar-refractivity contribution in [3.63, 3.8) is 0 Å². The first kappa shape index (κ1) is 23.1. The number of hydrogen-bond donors (Lipinski definition) is 2. The molecule has 0 aromatic heterocycles.